The van der Waals surface area contributed by atoms with Crippen LogP contribution < -0.4 is 9.64 Å². The van der Waals surface area contributed by atoms with Crippen molar-refractivity contribution in [1.82, 2.24) is 9.88 Å². The lowest BCUT2D eigenvalue weighted by molar-refractivity contribution is 0.0696. The van der Waals surface area contributed by atoms with E-state index in [1.165, 1.54) is 0 Å². The van der Waals surface area contributed by atoms with Crippen molar-refractivity contribution in [3.63, 3.8) is 0 Å². The fraction of sp³-hybridized carbons (Fsp3) is 0.500. The molecule has 3 heterocycles. The lowest BCUT2D eigenvalue weighted by atomic mass is 9.94. The number of piperidine rings is 2. The van der Waals surface area contributed by atoms with Gasteiger partial charge < -0.3 is 19.8 Å². The van der Waals surface area contributed by atoms with Crippen LogP contribution in [-0.4, -0.2) is 72.0 Å². The van der Waals surface area contributed by atoms with E-state index in [0.29, 0.717) is 29.2 Å². The van der Waals surface area contributed by atoms with Gasteiger partial charge in [-0.1, -0.05) is 12.1 Å². The molecular formula is C24H31N3O4. The summed E-state index contributed by atoms with van der Waals surface area (Å²) in [6, 6.07) is 11.5. The maximum Gasteiger partial charge on any atom is 0.339 e. The second-order valence-corrected chi connectivity index (χ2v) is 8.48. The molecule has 0 radical (unpaired) electrons. The summed E-state index contributed by atoms with van der Waals surface area (Å²) in [5.41, 5.74) is 1.79. The number of carbonyl (C=O) groups is 1. The maximum atomic E-state index is 11.9. The highest BCUT2D eigenvalue weighted by molar-refractivity contribution is 5.94. The smallest absolute Gasteiger partial charge is 0.339 e. The Labute approximate surface area is 183 Å². The highest BCUT2D eigenvalue weighted by Gasteiger charge is 2.30. The van der Waals surface area contributed by atoms with Crippen molar-refractivity contribution in [2.24, 2.45) is 5.92 Å². The van der Waals surface area contributed by atoms with Gasteiger partial charge in [-0.25, -0.2) is 9.78 Å². The second-order valence-electron chi connectivity index (χ2n) is 8.48. The summed E-state index contributed by atoms with van der Waals surface area (Å²) >= 11 is 0. The van der Waals surface area contributed by atoms with Crippen LogP contribution >= 0.6 is 0 Å². The normalized spacial score (nSPS) is 20.6. The van der Waals surface area contributed by atoms with Crippen molar-refractivity contribution in [3.05, 3.63) is 42.0 Å². The summed E-state index contributed by atoms with van der Waals surface area (Å²) in [4.78, 5) is 21.3. The van der Waals surface area contributed by atoms with E-state index >= 15 is 0 Å². The highest BCUT2D eigenvalue weighted by atomic mass is 16.5. The Kier molecular flexibility index (Phi) is 6.73. The van der Waals surface area contributed by atoms with Crippen molar-refractivity contribution < 1.29 is 19.7 Å². The molecule has 7 heteroatoms. The standard InChI is InChI=1S/C24H31N3O4/c1-31-22-7-3-2-6-19(22)21-9-8-20(24(29)30)23(25-21)26-13-10-18(11-14-26)27-12-4-5-17(15-27)16-28/h2-3,6-9,17-18,28H,4-5,10-16H2,1H3,(H,29,30). The summed E-state index contributed by atoms with van der Waals surface area (Å²) in [7, 11) is 1.62. The zero-order chi connectivity index (χ0) is 21.8. The number of rotatable bonds is 6. The third kappa shape index (κ3) is 4.67. The van der Waals surface area contributed by atoms with E-state index in [1.54, 1.807) is 19.2 Å². The first-order valence-electron chi connectivity index (χ1n) is 11.1. The first-order chi connectivity index (χ1) is 15.1. The third-order valence-corrected chi connectivity index (χ3v) is 6.58. The van der Waals surface area contributed by atoms with Crippen LogP contribution in [0.15, 0.2) is 36.4 Å². The molecule has 2 saturated heterocycles. The number of nitrogens with zero attached hydrogens (tertiary/aromatic N) is 3. The minimum absolute atomic E-state index is 0.232. The predicted molar refractivity (Wildman–Crippen MR) is 120 cm³/mol. The number of hydrogen-bond donors (Lipinski definition) is 2. The van der Waals surface area contributed by atoms with Gasteiger partial charge in [0.2, 0.25) is 0 Å². The molecule has 1 unspecified atom stereocenters. The number of benzene rings is 1. The number of anilines is 1. The number of carboxylic acid groups (broad SMARTS) is 1. The molecule has 2 N–H and O–H groups in total. The number of aromatic nitrogens is 1. The molecule has 1 aromatic carbocycles. The van der Waals surface area contributed by atoms with Gasteiger partial charge in [0.05, 0.1) is 12.8 Å². The molecule has 7 nitrogen and oxygen atoms in total. The minimum atomic E-state index is -0.960. The first kappa shape index (κ1) is 21.6. The van der Waals surface area contributed by atoms with Crippen LogP contribution in [-0.2, 0) is 0 Å². The molecule has 2 fully saturated rings. The van der Waals surface area contributed by atoms with Gasteiger partial charge in [-0.15, -0.1) is 0 Å². The van der Waals surface area contributed by atoms with Gasteiger partial charge in [0, 0.05) is 37.8 Å². The predicted octanol–water partition coefficient (Wildman–Crippen LogP) is 3.13. The number of para-hydroxylation sites is 1. The number of aliphatic hydroxyl groups is 1. The fourth-order valence-electron chi connectivity index (χ4n) is 4.88. The molecule has 2 aliphatic heterocycles. The first-order valence-corrected chi connectivity index (χ1v) is 11.1. The summed E-state index contributed by atoms with van der Waals surface area (Å²) < 4.78 is 5.47. The van der Waals surface area contributed by atoms with E-state index in [4.69, 9.17) is 9.72 Å². The van der Waals surface area contributed by atoms with Gasteiger partial charge in [-0.05, 0) is 62.4 Å². The average molecular weight is 426 g/mol. The zero-order valence-electron chi connectivity index (χ0n) is 18.0. The van der Waals surface area contributed by atoms with Gasteiger partial charge in [0.25, 0.3) is 0 Å². The monoisotopic (exact) mass is 425 g/mol. The zero-order valence-corrected chi connectivity index (χ0v) is 18.0. The molecule has 0 aliphatic carbocycles. The Bertz CT molecular complexity index is 911. The topological polar surface area (TPSA) is 86.1 Å². The molecule has 2 aromatic rings. The van der Waals surface area contributed by atoms with E-state index in [1.807, 2.05) is 24.3 Å². The van der Waals surface area contributed by atoms with E-state index in [9.17, 15) is 15.0 Å². The Morgan fingerprint density at radius 3 is 2.61 bits per heavy atom. The molecule has 0 spiro atoms. The molecule has 166 valence electrons. The van der Waals surface area contributed by atoms with Gasteiger partial charge in [0.15, 0.2) is 0 Å². The summed E-state index contributed by atoms with van der Waals surface area (Å²) in [6.45, 7) is 3.85. The molecule has 31 heavy (non-hydrogen) atoms. The van der Waals surface area contributed by atoms with Crippen LogP contribution in [0.1, 0.15) is 36.0 Å². The number of carboxylic acids is 1. The molecule has 0 saturated carbocycles. The molecule has 1 aromatic heterocycles. The molecule has 1 atom stereocenters. The van der Waals surface area contributed by atoms with Crippen molar-refractivity contribution in [3.8, 4) is 17.0 Å². The highest BCUT2D eigenvalue weighted by Crippen LogP contribution is 2.32. The van der Waals surface area contributed by atoms with Crippen LogP contribution in [0.3, 0.4) is 0 Å². The van der Waals surface area contributed by atoms with E-state index in [2.05, 4.69) is 9.80 Å². The average Bonchev–Trinajstić information content (AvgIpc) is 2.83. The molecular weight excluding hydrogens is 394 g/mol. The van der Waals surface area contributed by atoms with Gasteiger partial charge in [-0.2, -0.15) is 0 Å². The number of ether oxygens (including phenoxy) is 1. The molecule has 4 rings (SSSR count). The van der Waals surface area contributed by atoms with Crippen LogP contribution in [0.2, 0.25) is 0 Å². The number of pyridine rings is 1. The van der Waals surface area contributed by atoms with Crippen molar-refractivity contribution in [1.29, 1.82) is 0 Å². The lowest BCUT2D eigenvalue weighted by Gasteiger charge is -2.42. The number of aromatic carboxylic acids is 1. The molecule has 2 aliphatic rings. The second kappa shape index (κ2) is 9.66. The van der Waals surface area contributed by atoms with Crippen molar-refractivity contribution in [2.45, 2.75) is 31.7 Å². The summed E-state index contributed by atoms with van der Waals surface area (Å²) in [6.07, 6.45) is 4.18. The Morgan fingerprint density at radius 2 is 1.90 bits per heavy atom. The van der Waals surface area contributed by atoms with E-state index < -0.39 is 5.97 Å². The largest absolute Gasteiger partial charge is 0.496 e. The lowest BCUT2D eigenvalue weighted by Crippen LogP contribution is -2.49. The quantitative estimate of drug-likeness (QED) is 0.735. The van der Waals surface area contributed by atoms with Crippen LogP contribution in [0.25, 0.3) is 11.3 Å². The number of aliphatic hydroxyl groups excluding tert-OH is 1. The number of likely N-dealkylation sites (tertiary alicyclic amines) is 1. The summed E-state index contributed by atoms with van der Waals surface area (Å²) in [5.74, 6) is 0.662. The van der Waals surface area contributed by atoms with Crippen LogP contribution in [0.4, 0.5) is 5.82 Å². The Morgan fingerprint density at radius 1 is 1.13 bits per heavy atom. The number of methoxy groups -OCH3 is 1. The molecule has 0 amide bonds. The Hall–Kier alpha value is -2.64. The van der Waals surface area contributed by atoms with Crippen LogP contribution in [0, 0.1) is 5.92 Å². The SMILES string of the molecule is COc1ccccc1-c1ccc(C(=O)O)c(N2CCC(N3CCCC(CO)C3)CC2)n1. The van der Waals surface area contributed by atoms with E-state index in [0.717, 1.165) is 57.4 Å². The fourth-order valence-corrected chi connectivity index (χ4v) is 4.88. The van der Waals surface area contributed by atoms with Gasteiger partial charge in [0.1, 0.15) is 17.1 Å². The van der Waals surface area contributed by atoms with Gasteiger partial charge >= 0.3 is 5.97 Å². The maximum absolute atomic E-state index is 11.9. The third-order valence-electron chi connectivity index (χ3n) is 6.58. The van der Waals surface area contributed by atoms with Gasteiger partial charge in [-0.3, -0.25) is 4.90 Å². The summed E-state index contributed by atoms with van der Waals surface area (Å²) in [5, 5.41) is 19.3. The number of hydrogen-bond acceptors (Lipinski definition) is 6. The molecule has 0 bridgehead atoms. The van der Waals surface area contributed by atoms with E-state index in [-0.39, 0.29) is 12.2 Å². The van der Waals surface area contributed by atoms with Crippen molar-refractivity contribution in [2.75, 3.05) is 44.8 Å². The van der Waals surface area contributed by atoms with Crippen molar-refractivity contribution >= 4 is 11.8 Å². The minimum Gasteiger partial charge on any atom is -0.496 e. The Balaban J connectivity index is 1.54. The van der Waals surface area contributed by atoms with Crippen LogP contribution in [0.5, 0.6) is 5.75 Å².